The SMILES string of the molecule is CCC(C(=O)c1ccc(C(=O)O)c(F)c1)n1cc(OC)c(-c2cc(Cl)ccc2-n2cc(C(F)(F)F)nn2)cc1=O. The number of aromatic nitrogens is 4. The average molecular weight is 579 g/mol. The zero-order chi connectivity index (χ0) is 29.4. The lowest BCUT2D eigenvalue weighted by atomic mass is 9.99. The number of ether oxygens (including phenoxy) is 1. The van der Waals surface area contributed by atoms with Gasteiger partial charge in [0.25, 0.3) is 5.56 Å². The molecule has 0 spiro atoms. The maximum absolute atomic E-state index is 14.2. The lowest BCUT2D eigenvalue weighted by Gasteiger charge is -2.20. The predicted octanol–water partition coefficient (Wildman–Crippen LogP) is 5.45. The molecule has 0 aliphatic carbocycles. The van der Waals surface area contributed by atoms with Gasteiger partial charge in [-0.3, -0.25) is 9.59 Å². The van der Waals surface area contributed by atoms with Crippen molar-refractivity contribution in [2.24, 2.45) is 0 Å². The first kappa shape index (κ1) is 28.5. The number of carbonyl (C=O) groups excluding carboxylic acids is 1. The Bertz CT molecular complexity index is 1680. The van der Waals surface area contributed by atoms with Crippen molar-refractivity contribution in [1.29, 1.82) is 0 Å². The fourth-order valence-corrected chi connectivity index (χ4v) is 4.30. The number of hydrogen-bond donors (Lipinski definition) is 1. The van der Waals surface area contributed by atoms with Crippen LogP contribution in [0.1, 0.15) is 45.8 Å². The fraction of sp³-hybridized carbons (Fsp3) is 0.192. The Morgan fingerprint density at radius 3 is 2.40 bits per heavy atom. The third-order valence-corrected chi connectivity index (χ3v) is 6.29. The molecule has 4 rings (SSSR count). The van der Waals surface area contributed by atoms with E-state index in [1.807, 2.05) is 0 Å². The third kappa shape index (κ3) is 5.45. The molecule has 40 heavy (non-hydrogen) atoms. The van der Waals surface area contributed by atoms with Crippen LogP contribution in [0.5, 0.6) is 5.75 Å². The molecule has 14 heteroatoms. The minimum Gasteiger partial charge on any atom is -0.495 e. The van der Waals surface area contributed by atoms with Crippen molar-refractivity contribution in [3.05, 3.63) is 92.9 Å². The maximum atomic E-state index is 14.2. The second-order valence-corrected chi connectivity index (χ2v) is 8.93. The number of aromatic carboxylic acids is 1. The Kier molecular flexibility index (Phi) is 7.78. The Labute approximate surface area is 228 Å². The molecule has 2 aromatic carbocycles. The monoisotopic (exact) mass is 578 g/mol. The van der Waals surface area contributed by atoms with E-state index in [0.29, 0.717) is 6.20 Å². The molecule has 0 amide bonds. The van der Waals surface area contributed by atoms with E-state index < -0.39 is 46.6 Å². The Hall–Kier alpha value is -4.52. The molecule has 1 unspecified atom stereocenters. The number of Topliss-reactive ketones (excluding diaryl/α,β-unsaturated/α-hetero) is 1. The van der Waals surface area contributed by atoms with Gasteiger partial charge in [0.15, 0.2) is 11.5 Å². The minimum absolute atomic E-state index is 0.0675. The summed E-state index contributed by atoms with van der Waals surface area (Å²) in [5.74, 6) is -3.19. The fourth-order valence-electron chi connectivity index (χ4n) is 4.12. The van der Waals surface area contributed by atoms with Crippen molar-refractivity contribution < 1.29 is 37.0 Å². The summed E-state index contributed by atoms with van der Waals surface area (Å²) in [5.41, 5.74) is -2.22. The van der Waals surface area contributed by atoms with E-state index in [9.17, 15) is 31.9 Å². The number of rotatable bonds is 8. The number of pyridine rings is 1. The molecule has 0 fully saturated rings. The molecular weight excluding hydrogens is 560 g/mol. The molecule has 1 N–H and O–H groups in total. The molecule has 0 bridgehead atoms. The topological polar surface area (TPSA) is 116 Å². The van der Waals surface area contributed by atoms with Crippen molar-refractivity contribution in [1.82, 2.24) is 19.6 Å². The van der Waals surface area contributed by atoms with Gasteiger partial charge in [0.2, 0.25) is 0 Å². The molecule has 4 aromatic rings. The number of ketones is 1. The highest BCUT2D eigenvalue weighted by atomic mass is 35.5. The summed E-state index contributed by atoms with van der Waals surface area (Å²) in [6.45, 7) is 1.62. The van der Waals surface area contributed by atoms with Crippen LogP contribution in [0.4, 0.5) is 17.6 Å². The van der Waals surface area contributed by atoms with Gasteiger partial charge in [-0.15, -0.1) is 5.10 Å². The van der Waals surface area contributed by atoms with E-state index in [-0.39, 0.29) is 39.6 Å². The number of carbonyl (C=O) groups is 2. The molecule has 0 aliphatic heterocycles. The molecule has 0 saturated heterocycles. The lowest BCUT2D eigenvalue weighted by Crippen LogP contribution is -2.29. The molecule has 9 nitrogen and oxygen atoms in total. The number of nitrogens with zero attached hydrogens (tertiary/aromatic N) is 4. The van der Waals surface area contributed by atoms with Crippen molar-refractivity contribution >= 4 is 23.4 Å². The Balaban J connectivity index is 1.81. The molecule has 2 heterocycles. The minimum atomic E-state index is -4.73. The summed E-state index contributed by atoms with van der Waals surface area (Å²) in [7, 11) is 1.29. The molecular formula is C26H19ClF4N4O5. The number of benzene rings is 2. The molecule has 0 aliphatic rings. The number of carboxylic acids is 1. The zero-order valence-electron chi connectivity index (χ0n) is 20.7. The van der Waals surface area contributed by atoms with Gasteiger partial charge in [-0.25, -0.2) is 13.9 Å². The van der Waals surface area contributed by atoms with E-state index >= 15 is 0 Å². The third-order valence-electron chi connectivity index (χ3n) is 6.05. The lowest BCUT2D eigenvalue weighted by molar-refractivity contribution is -0.141. The van der Waals surface area contributed by atoms with Crippen LogP contribution in [0.15, 0.2) is 59.7 Å². The van der Waals surface area contributed by atoms with Gasteiger partial charge in [0.1, 0.15) is 11.6 Å². The van der Waals surface area contributed by atoms with E-state index in [1.165, 1.54) is 31.5 Å². The summed E-state index contributed by atoms with van der Waals surface area (Å²) in [5, 5.41) is 16.0. The first-order valence-electron chi connectivity index (χ1n) is 11.5. The predicted molar refractivity (Wildman–Crippen MR) is 135 cm³/mol. The van der Waals surface area contributed by atoms with Gasteiger partial charge in [-0.05, 0) is 36.8 Å². The van der Waals surface area contributed by atoms with E-state index in [1.54, 1.807) is 6.92 Å². The number of hydrogen-bond acceptors (Lipinski definition) is 6. The van der Waals surface area contributed by atoms with E-state index in [0.717, 1.165) is 33.5 Å². The van der Waals surface area contributed by atoms with Crippen molar-refractivity contribution in [2.75, 3.05) is 7.11 Å². The van der Waals surface area contributed by atoms with Crippen LogP contribution in [0.25, 0.3) is 16.8 Å². The van der Waals surface area contributed by atoms with Crippen molar-refractivity contribution in [2.45, 2.75) is 25.6 Å². The van der Waals surface area contributed by atoms with Crippen LogP contribution in [0.3, 0.4) is 0 Å². The van der Waals surface area contributed by atoms with Gasteiger partial charge in [-0.2, -0.15) is 13.2 Å². The van der Waals surface area contributed by atoms with E-state index in [2.05, 4.69) is 10.3 Å². The van der Waals surface area contributed by atoms with Gasteiger partial charge in [0, 0.05) is 27.8 Å². The summed E-state index contributed by atoms with van der Waals surface area (Å²) in [4.78, 5) is 37.6. The van der Waals surface area contributed by atoms with Gasteiger partial charge in [0.05, 0.1) is 36.8 Å². The largest absolute Gasteiger partial charge is 0.495 e. The van der Waals surface area contributed by atoms with Gasteiger partial charge in [-0.1, -0.05) is 29.8 Å². The zero-order valence-corrected chi connectivity index (χ0v) is 21.5. The van der Waals surface area contributed by atoms with Crippen LogP contribution in [-0.4, -0.2) is 43.5 Å². The second kappa shape index (κ2) is 10.9. The normalized spacial score (nSPS) is 12.3. The summed E-state index contributed by atoms with van der Waals surface area (Å²) in [6.07, 6.45) is -2.70. The highest BCUT2D eigenvalue weighted by molar-refractivity contribution is 6.31. The standard InChI is InChI=1S/C26H19ClF4N4O5/c1-3-19(24(37)13-4-6-15(25(38)39)18(28)8-13)34-11-21(40-2)17(10-23(34)36)16-9-14(27)5-7-20(16)35-12-22(32-33-35)26(29,30)31/h4-12,19H,3H2,1-2H3,(H,38,39). The highest BCUT2D eigenvalue weighted by Gasteiger charge is 2.35. The smallest absolute Gasteiger partial charge is 0.436 e. The molecule has 0 radical (unpaired) electrons. The quantitative estimate of drug-likeness (QED) is 0.218. The number of alkyl halides is 3. The highest BCUT2D eigenvalue weighted by Crippen LogP contribution is 2.36. The van der Waals surface area contributed by atoms with Crippen LogP contribution in [0, 0.1) is 5.82 Å². The van der Waals surface area contributed by atoms with Crippen LogP contribution in [-0.2, 0) is 6.18 Å². The van der Waals surface area contributed by atoms with Crippen molar-refractivity contribution in [3.8, 4) is 22.6 Å². The summed E-state index contributed by atoms with van der Waals surface area (Å²) in [6, 6.07) is 7.13. The first-order chi connectivity index (χ1) is 18.8. The van der Waals surface area contributed by atoms with Crippen molar-refractivity contribution in [3.63, 3.8) is 0 Å². The van der Waals surface area contributed by atoms with Crippen LogP contribution < -0.4 is 10.3 Å². The maximum Gasteiger partial charge on any atom is 0.436 e. The van der Waals surface area contributed by atoms with E-state index in [4.69, 9.17) is 21.4 Å². The Morgan fingerprint density at radius 1 is 1.10 bits per heavy atom. The summed E-state index contributed by atoms with van der Waals surface area (Å²) >= 11 is 6.16. The number of carboxylic acid groups (broad SMARTS) is 1. The molecule has 0 saturated carbocycles. The first-order valence-corrected chi connectivity index (χ1v) is 11.9. The molecule has 208 valence electrons. The average Bonchev–Trinajstić information content (AvgIpc) is 3.40. The Morgan fingerprint density at radius 2 is 1.82 bits per heavy atom. The molecule has 1 atom stereocenters. The van der Waals surface area contributed by atoms with Crippen LogP contribution in [0.2, 0.25) is 5.02 Å². The van der Waals surface area contributed by atoms with Gasteiger partial charge >= 0.3 is 12.1 Å². The number of halogens is 5. The molecule has 2 aromatic heterocycles. The second-order valence-electron chi connectivity index (χ2n) is 8.50. The number of methoxy groups -OCH3 is 1. The van der Waals surface area contributed by atoms with Crippen LogP contribution >= 0.6 is 11.6 Å². The summed E-state index contributed by atoms with van der Waals surface area (Å²) < 4.78 is 61.0. The van der Waals surface area contributed by atoms with Gasteiger partial charge < -0.3 is 14.4 Å².